The first-order valence-electron chi connectivity index (χ1n) is 15.3. The third-order valence-electron chi connectivity index (χ3n) is 7.25. The Hall–Kier alpha value is -1.45. The normalized spacial score (nSPS) is 15.3. The number of benzene rings is 2. The van der Waals surface area contributed by atoms with E-state index >= 15 is 0 Å². The minimum atomic E-state index is -0.946. The lowest BCUT2D eigenvalue weighted by atomic mass is 9.77. The van der Waals surface area contributed by atoms with Gasteiger partial charge in [-0.3, -0.25) is 0 Å². The van der Waals surface area contributed by atoms with E-state index in [1.807, 2.05) is 13.8 Å². The van der Waals surface area contributed by atoms with Crippen LogP contribution < -0.4 is 4.74 Å². The van der Waals surface area contributed by atoms with Crippen molar-refractivity contribution in [2.45, 2.75) is 138 Å². The van der Waals surface area contributed by atoms with E-state index in [2.05, 4.69) is 117 Å². The fraction of sp³-hybridized carbons (Fsp3) is 0.657. The van der Waals surface area contributed by atoms with Crippen molar-refractivity contribution >= 4 is 18.1 Å². The van der Waals surface area contributed by atoms with Crippen LogP contribution in [0, 0.1) is 10.8 Å². The van der Waals surface area contributed by atoms with Gasteiger partial charge in [-0.15, -0.1) is 0 Å². The molecule has 0 saturated heterocycles. The molecule has 0 aliphatic heterocycles. The van der Waals surface area contributed by atoms with Crippen LogP contribution in [0.4, 0.5) is 0 Å². The van der Waals surface area contributed by atoms with Gasteiger partial charge in [0.1, 0.15) is 12.4 Å². The number of hydrogen-bond acceptors (Lipinski definition) is 4. The largest absolute Gasteiger partial charge is 0.489 e. The van der Waals surface area contributed by atoms with Gasteiger partial charge in [-0.05, 0) is 104 Å². The van der Waals surface area contributed by atoms with E-state index in [1.54, 1.807) is 0 Å². The van der Waals surface area contributed by atoms with E-state index in [9.17, 15) is 5.11 Å². The summed E-state index contributed by atoms with van der Waals surface area (Å²) in [6.07, 6.45) is 2.80. The molecule has 0 aliphatic rings. The summed E-state index contributed by atoms with van der Waals surface area (Å²) in [5, 5.41) is 10.1. The van der Waals surface area contributed by atoms with Crippen LogP contribution in [0.25, 0.3) is 0 Å². The zero-order valence-corrected chi connectivity index (χ0v) is 30.3. The van der Waals surface area contributed by atoms with Crippen LogP contribution in [0.1, 0.15) is 122 Å². The SMILES string of the molecule is CC(CCCC(C)(C)O)c1cccc(COc2ccc(C(O[Si](C)C)C(C)(C)C)c(C(O[Si](C)C)C(C)(C)C)c2)c1. The van der Waals surface area contributed by atoms with Crippen LogP contribution in [-0.2, 0) is 15.5 Å². The Bertz CT molecular complexity index is 1080. The highest BCUT2D eigenvalue weighted by Gasteiger charge is 2.36. The molecule has 0 bridgehead atoms. The van der Waals surface area contributed by atoms with Gasteiger partial charge in [0, 0.05) is 0 Å². The number of hydrogen-bond donors (Lipinski definition) is 1. The Kier molecular flexibility index (Phi) is 12.9. The fourth-order valence-corrected chi connectivity index (χ4v) is 7.06. The smallest absolute Gasteiger partial charge is 0.205 e. The van der Waals surface area contributed by atoms with Crippen LogP contribution in [0.15, 0.2) is 42.5 Å². The summed E-state index contributed by atoms with van der Waals surface area (Å²) in [4.78, 5) is 0. The minimum Gasteiger partial charge on any atom is -0.489 e. The molecule has 2 radical (unpaired) electrons. The van der Waals surface area contributed by atoms with Gasteiger partial charge in [0.2, 0.25) is 18.1 Å². The molecular weight excluding hydrogens is 541 g/mol. The number of aliphatic hydroxyl groups is 1. The maximum absolute atomic E-state index is 10.1. The quantitative estimate of drug-likeness (QED) is 0.220. The highest BCUT2D eigenvalue weighted by molar-refractivity contribution is 6.48. The van der Waals surface area contributed by atoms with Crippen LogP contribution in [0.3, 0.4) is 0 Å². The zero-order valence-electron chi connectivity index (χ0n) is 28.3. The lowest BCUT2D eigenvalue weighted by Crippen LogP contribution is -2.31. The standard InChI is InChI=1S/C35H58O4Si2/c1-25(16-15-21-35(8,9)36)27-18-14-17-26(22-27)24-37-28-19-20-29(31(33(2,3)4)38-40(10)11)30(23-28)32(34(5,6)7)39-41(12)13/h14,17-20,22-23,25,31-32,36H,15-16,21,24H2,1-13H3. The molecule has 2 rings (SSSR count). The molecule has 3 atom stereocenters. The lowest BCUT2D eigenvalue weighted by molar-refractivity contribution is 0.0653. The summed E-state index contributed by atoms with van der Waals surface area (Å²) < 4.78 is 19.8. The van der Waals surface area contributed by atoms with Crippen molar-refractivity contribution < 1.29 is 18.7 Å². The van der Waals surface area contributed by atoms with Gasteiger partial charge in [0.25, 0.3) is 0 Å². The summed E-state index contributed by atoms with van der Waals surface area (Å²) in [5.41, 5.74) is 4.13. The monoisotopic (exact) mass is 598 g/mol. The number of rotatable bonds is 14. The average molecular weight is 599 g/mol. The van der Waals surface area contributed by atoms with Crippen molar-refractivity contribution in [3.05, 3.63) is 64.7 Å². The summed E-state index contributed by atoms with van der Waals surface area (Å²) >= 11 is 0. The highest BCUT2D eigenvalue weighted by Crippen LogP contribution is 2.46. The highest BCUT2D eigenvalue weighted by atomic mass is 28.3. The lowest BCUT2D eigenvalue weighted by Gasteiger charge is -2.39. The van der Waals surface area contributed by atoms with Gasteiger partial charge in [0.15, 0.2) is 0 Å². The van der Waals surface area contributed by atoms with Crippen LogP contribution in [0.2, 0.25) is 26.2 Å². The summed E-state index contributed by atoms with van der Waals surface area (Å²) in [6.45, 7) is 28.9. The molecule has 1 N–H and O–H groups in total. The molecule has 0 aromatic heterocycles. The van der Waals surface area contributed by atoms with Gasteiger partial charge in [0.05, 0.1) is 17.8 Å². The molecule has 2 aromatic rings. The van der Waals surface area contributed by atoms with Crippen LogP contribution >= 0.6 is 0 Å². The van der Waals surface area contributed by atoms with E-state index in [1.165, 1.54) is 22.3 Å². The molecule has 6 heteroatoms. The summed E-state index contributed by atoms with van der Waals surface area (Å²) in [6, 6.07) is 15.3. The molecule has 0 saturated carbocycles. The van der Waals surface area contributed by atoms with Crippen molar-refractivity contribution in [1.82, 2.24) is 0 Å². The summed E-state index contributed by atoms with van der Waals surface area (Å²) in [7, 11) is -1.87. The van der Waals surface area contributed by atoms with Gasteiger partial charge in [-0.25, -0.2) is 0 Å². The Labute approximate surface area is 255 Å². The second kappa shape index (κ2) is 14.8. The first kappa shape index (κ1) is 35.7. The van der Waals surface area contributed by atoms with Crippen molar-refractivity contribution in [2.24, 2.45) is 10.8 Å². The Morgan fingerprint density at radius 3 is 1.83 bits per heavy atom. The third-order valence-corrected chi connectivity index (χ3v) is 8.67. The van der Waals surface area contributed by atoms with Gasteiger partial charge >= 0.3 is 0 Å². The second-order valence-corrected chi connectivity index (χ2v) is 19.1. The van der Waals surface area contributed by atoms with Crippen LogP contribution in [0.5, 0.6) is 5.75 Å². The average Bonchev–Trinajstić information content (AvgIpc) is 2.82. The van der Waals surface area contributed by atoms with E-state index in [0.717, 1.165) is 25.0 Å². The van der Waals surface area contributed by atoms with E-state index < -0.39 is 23.7 Å². The molecule has 230 valence electrons. The van der Waals surface area contributed by atoms with E-state index in [-0.39, 0.29) is 23.0 Å². The Balaban J connectivity index is 2.39. The van der Waals surface area contributed by atoms with E-state index in [4.69, 9.17) is 13.6 Å². The maximum atomic E-state index is 10.1. The van der Waals surface area contributed by atoms with Crippen LogP contribution in [-0.4, -0.2) is 28.8 Å². The molecule has 41 heavy (non-hydrogen) atoms. The maximum Gasteiger partial charge on any atom is 0.205 e. The molecular formula is C35H58O4Si2. The molecule has 0 spiro atoms. The van der Waals surface area contributed by atoms with Crippen molar-refractivity contribution in [3.8, 4) is 5.75 Å². The second-order valence-electron chi connectivity index (χ2n) is 15.0. The zero-order chi connectivity index (χ0) is 31.2. The van der Waals surface area contributed by atoms with Crippen molar-refractivity contribution in [3.63, 3.8) is 0 Å². The molecule has 0 fully saturated rings. The molecule has 2 aromatic carbocycles. The number of ether oxygens (including phenoxy) is 1. The first-order chi connectivity index (χ1) is 18.8. The topological polar surface area (TPSA) is 47.9 Å². The van der Waals surface area contributed by atoms with E-state index in [0.29, 0.717) is 12.5 Å². The molecule has 0 heterocycles. The molecule has 4 nitrogen and oxygen atoms in total. The third kappa shape index (κ3) is 12.0. The predicted octanol–water partition coefficient (Wildman–Crippen LogP) is 10.0. The Morgan fingerprint density at radius 2 is 1.32 bits per heavy atom. The first-order valence-corrected chi connectivity index (χ1v) is 20.1. The van der Waals surface area contributed by atoms with Gasteiger partial charge < -0.3 is 18.7 Å². The summed E-state index contributed by atoms with van der Waals surface area (Å²) in [5.74, 6) is 1.29. The van der Waals surface area contributed by atoms with Crippen molar-refractivity contribution in [2.75, 3.05) is 0 Å². The fourth-order valence-electron chi connectivity index (χ4n) is 5.16. The molecule has 0 aliphatic carbocycles. The van der Waals surface area contributed by atoms with Gasteiger partial charge in [-0.1, -0.05) is 85.2 Å². The minimum absolute atomic E-state index is 0.0251. The Morgan fingerprint density at radius 1 is 0.756 bits per heavy atom. The molecule has 0 amide bonds. The molecule has 3 unspecified atom stereocenters. The van der Waals surface area contributed by atoms with Gasteiger partial charge in [-0.2, -0.15) is 0 Å². The predicted molar refractivity (Wildman–Crippen MR) is 177 cm³/mol. The van der Waals surface area contributed by atoms with Crippen molar-refractivity contribution in [1.29, 1.82) is 0 Å².